The summed E-state index contributed by atoms with van der Waals surface area (Å²) in [5.74, 6) is 0.716. The van der Waals surface area contributed by atoms with E-state index < -0.39 is 0 Å². The highest BCUT2D eigenvalue weighted by atomic mass is 16.2. The van der Waals surface area contributed by atoms with Gasteiger partial charge in [0.25, 0.3) is 0 Å². The van der Waals surface area contributed by atoms with Crippen molar-refractivity contribution in [2.24, 2.45) is 5.92 Å². The normalized spacial score (nSPS) is 20.2. The molecule has 0 spiro atoms. The van der Waals surface area contributed by atoms with E-state index in [1.807, 2.05) is 25.1 Å². The standard InChI is InChI=1S/C12H15N3O/c1-3-9-6-11(16)15(7-9)10-5-4-8(2)14-12(10)13/h3-5,9H,1,6-7H2,2H3,(H2,13,14). The van der Waals surface area contributed by atoms with Crippen LogP contribution >= 0.6 is 0 Å². The molecule has 1 saturated heterocycles. The highest BCUT2D eigenvalue weighted by Gasteiger charge is 2.29. The Morgan fingerprint density at radius 2 is 2.38 bits per heavy atom. The minimum atomic E-state index is 0.0854. The van der Waals surface area contributed by atoms with Crippen LogP contribution in [0.25, 0.3) is 0 Å². The first kappa shape index (κ1) is 10.7. The van der Waals surface area contributed by atoms with Crippen LogP contribution in [0.1, 0.15) is 12.1 Å². The van der Waals surface area contributed by atoms with Gasteiger partial charge in [-0.25, -0.2) is 4.98 Å². The Hall–Kier alpha value is -1.84. The molecule has 0 aliphatic carbocycles. The Morgan fingerprint density at radius 1 is 1.62 bits per heavy atom. The molecule has 1 aliphatic rings. The van der Waals surface area contributed by atoms with Crippen LogP contribution < -0.4 is 10.6 Å². The SMILES string of the molecule is C=CC1CC(=O)N(c2ccc(C)nc2N)C1. The number of nitrogens with two attached hydrogens (primary N) is 1. The minimum Gasteiger partial charge on any atom is -0.382 e. The summed E-state index contributed by atoms with van der Waals surface area (Å²) in [6.07, 6.45) is 2.33. The van der Waals surface area contributed by atoms with E-state index in [1.54, 1.807) is 4.90 Å². The molecule has 1 aromatic rings. The Bertz CT molecular complexity index is 442. The molecule has 16 heavy (non-hydrogen) atoms. The van der Waals surface area contributed by atoms with Gasteiger partial charge < -0.3 is 10.6 Å². The maximum Gasteiger partial charge on any atom is 0.227 e. The number of hydrogen-bond donors (Lipinski definition) is 1. The average Bonchev–Trinajstić information content (AvgIpc) is 2.60. The van der Waals surface area contributed by atoms with E-state index in [9.17, 15) is 4.79 Å². The van der Waals surface area contributed by atoms with Gasteiger partial charge in [0.2, 0.25) is 5.91 Å². The van der Waals surface area contributed by atoms with Crippen LogP contribution in [-0.2, 0) is 4.79 Å². The van der Waals surface area contributed by atoms with E-state index in [0.29, 0.717) is 24.5 Å². The van der Waals surface area contributed by atoms with Crippen molar-refractivity contribution in [2.75, 3.05) is 17.2 Å². The predicted molar refractivity (Wildman–Crippen MR) is 64.0 cm³/mol. The minimum absolute atomic E-state index is 0.0854. The van der Waals surface area contributed by atoms with Gasteiger partial charge in [0.15, 0.2) is 0 Å². The molecule has 1 aromatic heterocycles. The maximum absolute atomic E-state index is 11.8. The fourth-order valence-electron chi connectivity index (χ4n) is 1.92. The van der Waals surface area contributed by atoms with Gasteiger partial charge in [-0.1, -0.05) is 6.08 Å². The van der Waals surface area contributed by atoms with Crippen LogP contribution in [0.15, 0.2) is 24.8 Å². The smallest absolute Gasteiger partial charge is 0.227 e. The highest BCUT2D eigenvalue weighted by molar-refractivity contribution is 5.98. The maximum atomic E-state index is 11.8. The van der Waals surface area contributed by atoms with Crippen LogP contribution in [0.4, 0.5) is 11.5 Å². The van der Waals surface area contributed by atoms with Crippen molar-refractivity contribution in [1.82, 2.24) is 4.98 Å². The molecule has 0 saturated carbocycles. The summed E-state index contributed by atoms with van der Waals surface area (Å²) < 4.78 is 0. The molecule has 0 bridgehead atoms. The molecule has 1 fully saturated rings. The van der Waals surface area contributed by atoms with E-state index in [2.05, 4.69) is 11.6 Å². The van der Waals surface area contributed by atoms with Crippen molar-refractivity contribution in [2.45, 2.75) is 13.3 Å². The molecule has 2 heterocycles. The number of rotatable bonds is 2. The van der Waals surface area contributed by atoms with Crippen molar-refractivity contribution in [1.29, 1.82) is 0 Å². The number of nitrogen functional groups attached to an aromatic ring is 1. The largest absolute Gasteiger partial charge is 0.382 e. The number of pyridine rings is 1. The van der Waals surface area contributed by atoms with Gasteiger partial charge in [-0.2, -0.15) is 0 Å². The fraction of sp³-hybridized carbons (Fsp3) is 0.333. The number of aromatic nitrogens is 1. The van der Waals surface area contributed by atoms with E-state index in [4.69, 9.17) is 5.73 Å². The van der Waals surface area contributed by atoms with Crippen molar-refractivity contribution >= 4 is 17.4 Å². The zero-order valence-electron chi connectivity index (χ0n) is 9.31. The number of nitrogens with zero attached hydrogens (tertiary/aromatic N) is 2. The summed E-state index contributed by atoms with van der Waals surface area (Å²) in [5.41, 5.74) is 7.38. The third-order valence-corrected chi connectivity index (χ3v) is 2.82. The quantitative estimate of drug-likeness (QED) is 0.764. The van der Waals surface area contributed by atoms with Crippen LogP contribution in [-0.4, -0.2) is 17.4 Å². The summed E-state index contributed by atoms with van der Waals surface area (Å²) in [4.78, 5) is 17.6. The Labute approximate surface area is 94.8 Å². The van der Waals surface area contributed by atoms with Crippen molar-refractivity contribution in [3.63, 3.8) is 0 Å². The van der Waals surface area contributed by atoms with Crippen molar-refractivity contribution < 1.29 is 4.79 Å². The van der Waals surface area contributed by atoms with E-state index >= 15 is 0 Å². The van der Waals surface area contributed by atoms with Crippen LogP contribution in [0.3, 0.4) is 0 Å². The Morgan fingerprint density at radius 3 is 2.94 bits per heavy atom. The molecule has 0 aromatic carbocycles. The lowest BCUT2D eigenvalue weighted by atomic mass is 10.1. The number of anilines is 2. The topological polar surface area (TPSA) is 59.2 Å². The second-order valence-corrected chi connectivity index (χ2v) is 4.06. The molecular weight excluding hydrogens is 202 g/mol. The van der Waals surface area contributed by atoms with Crippen molar-refractivity contribution in [3.8, 4) is 0 Å². The van der Waals surface area contributed by atoms with Crippen LogP contribution in [0.5, 0.6) is 0 Å². The lowest BCUT2D eigenvalue weighted by Gasteiger charge is -2.17. The molecule has 84 valence electrons. The molecule has 2 N–H and O–H groups in total. The summed E-state index contributed by atoms with van der Waals surface area (Å²) in [6.45, 7) is 6.24. The van der Waals surface area contributed by atoms with E-state index in [-0.39, 0.29) is 11.8 Å². The molecule has 1 unspecified atom stereocenters. The number of carbonyl (C=O) groups is 1. The van der Waals surface area contributed by atoms with Crippen molar-refractivity contribution in [3.05, 3.63) is 30.5 Å². The number of amides is 1. The van der Waals surface area contributed by atoms with Gasteiger partial charge in [0.05, 0.1) is 5.69 Å². The molecule has 1 atom stereocenters. The van der Waals surface area contributed by atoms with Gasteiger partial charge >= 0.3 is 0 Å². The van der Waals surface area contributed by atoms with Gasteiger partial charge in [-0.3, -0.25) is 4.79 Å². The third kappa shape index (κ3) is 1.78. The molecule has 0 radical (unpaired) electrons. The Kier molecular flexibility index (Phi) is 2.64. The van der Waals surface area contributed by atoms with Gasteiger partial charge in [0.1, 0.15) is 5.82 Å². The summed E-state index contributed by atoms with van der Waals surface area (Å²) in [6, 6.07) is 3.71. The molecule has 1 aliphatic heterocycles. The second-order valence-electron chi connectivity index (χ2n) is 4.06. The first-order valence-electron chi connectivity index (χ1n) is 5.28. The number of aryl methyl sites for hydroxylation is 1. The number of carbonyl (C=O) groups excluding carboxylic acids is 1. The molecule has 1 amide bonds. The molecule has 4 nitrogen and oxygen atoms in total. The van der Waals surface area contributed by atoms with E-state index in [0.717, 1.165) is 5.69 Å². The number of hydrogen-bond acceptors (Lipinski definition) is 3. The van der Waals surface area contributed by atoms with Crippen LogP contribution in [0, 0.1) is 12.8 Å². The lowest BCUT2D eigenvalue weighted by molar-refractivity contribution is -0.117. The lowest BCUT2D eigenvalue weighted by Crippen LogP contribution is -2.25. The second kappa shape index (κ2) is 3.96. The van der Waals surface area contributed by atoms with Gasteiger partial charge in [-0.15, -0.1) is 6.58 Å². The summed E-state index contributed by atoms with van der Waals surface area (Å²) in [7, 11) is 0. The summed E-state index contributed by atoms with van der Waals surface area (Å²) in [5, 5.41) is 0. The Balaban J connectivity index is 2.31. The monoisotopic (exact) mass is 217 g/mol. The van der Waals surface area contributed by atoms with Crippen LogP contribution in [0.2, 0.25) is 0 Å². The molecule has 2 rings (SSSR count). The predicted octanol–water partition coefficient (Wildman–Crippen LogP) is 1.51. The highest BCUT2D eigenvalue weighted by Crippen LogP contribution is 2.29. The van der Waals surface area contributed by atoms with Gasteiger partial charge in [0, 0.05) is 24.6 Å². The first-order chi connectivity index (χ1) is 7.61. The fourth-order valence-corrected chi connectivity index (χ4v) is 1.92. The zero-order chi connectivity index (χ0) is 11.7. The third-order valence-electron chi connectivity index (χ3n) is 2.82. The first-order valence-corrected chi connectivity index (χ1v) is 5.28. The van der Waals surface area contributed by atoms with Gasteiger partial charge in [-0.05, 0) is 19.1 Å². The zero-order valence-corrected chi connectivity index (χ0v) is 9.31. The average molecular weight is 217 g/mol. The van der Waals surface area contributed by atoms with E-state index in [1.165, 1.54) is 0 Å². The molecule has 4 heteroatoms. The summed E-state index contributed by atoms with van der Waals surface area (Å²) >= 11 is 0. The molecular formula is C12H15N3O.